The zero-order valence-electron chi connectivity index (χ0n) is 14.7. The number of aryl methyl sites for hydroxylation is 1. The number of benzene rings is 1. The number of halogens is 1. The van der Waals surface area contributed by atoms with Crippen LogP contribution in [0.5, 0.6) is 5.75 Å². The van der Waals surface area contributed by atoms with Crippen LogP contribution >= 0.6 is 0 Å². The second-order valence-corrected chi connectivity index (χ2v) is 6.37. The summed E-state index contributed by atoms with van der Waals surface area (Å²) in [6.45, 7) is 1.93. The van der Waals surface area contributed by atoms with E-state index in [1.807, 2.05) is 30.1 Å². The van der Waals surface area contributed by atoms with E-state index in [4.69, 9.17) is 4.74 Å². The number of ether oxygens (including phenoxy) is 1. The molecule has 0 aliphatic carbocycles. The highest BCUT2D eigenvalue weighted by Crippen LogP contribution is 2.12. The highest BCUT2D eigenvalue weighted by molar-refractivity contribution is 5.80. The van der Waals surface area contributed by atoms with E-state index in [0.29, 0.717) is 38.3 Å². The van der Waals surface area contributed by atoms with Crippen LogP contribution in [0.2, 0.25) is 0 Å². The first-order chi connectivity index (χ1) is 12.5. The third-order valence-electron chi connectivity index (χ3n) is 4.41. The Bertz CT molecular complexity index is 765. The zero-order valence-corrected chi connectivity index (χ0v) is 14.7. The van der Waals surface area contributed by atoms with Crippen LogP contribution in [-0.4, -0.2) is 59.0 Å². The molecule has 1 aromatic heterocycles. The molecule has 1 aromatic carbocycles. The van der Waals surface area contributed by atoms with Crippen molar-refractivity contribution in [1.29, 1.82) is 0 Å². The summed E-state index contributed by atoms with van der Waals surface area (Å²) in [5.74, 6) is 0.0479. The molecular weight excluding hydrogens is 337 g/mol. The summed E-state index contributed by atoms with van der Waals surface area (Å²) in [7, 11) is 1.92. The summed E-state index contributed by atoms with van der Waals surface area (Å²) in [6.07, 6.45) is 4.23. The summed E-state index contributed by atoms with van der Waals surface area (Å²) in [6, 6.07) is 7.49. The van der Waals surface area contributed by atoms with Crippen LogP contribution in [-0.2, 0) is 23.1 Å². The van der Waals surface area contributed by atoms with E-state index in [-0.39, 0.29) is 24.2 Å². The number of hydrogen-bond donors (Lipinski definition) is 0. The Morgan fingerprint density at radius 3 is 2.19 bits per heavy atom. The van der Waals surface area contributed by atoms with E-state index in [9.17, 15) is 14.0 Å². The largest absolute Gasteiger partial charge is 0.484 e. The predicted molar refractivity (Wildman–Crippen MR) is 94.2 cm³/mol. The molecule has 2 aromatic rings. The topological polar surface area (TPSA) is 54.8 Å². The van der Waals surface area contributed by atoms with E-state index in [2.05, 4.69) is 0 Å². The maximum absolute atomic E-state index is 12.9. The smallest absolute Gasteiger partial charge is 0.260 e. The summed E-state index contributed by atoms with van der Waals surface area (Å²) in [5.41, 5.74) is 0.990. The molecule has 7 heteroatoms. The monoisotopic (exact) mass is 359 g/mol. The number of piperazine rings is 1. The Kier molecular flexibility index (Phi) is 5.55. The molecule has 0 unspecified atom stereocenters. The Morgan fingerprint density at radius 1 is 1.00 bits per heavy atom. The van der Waals surface area contributed by atoms with Gasteiger partial charge in [0.2, 0.25) is 5.91 Å². The van der Waals surface area contributed by atoms with Crippen molar-refractivity contribution in [1.82, 2.24) is 14.4 Å². The Hall–Kier alpha value is -2.83. The van der Waals surface area contributed by atoms with Crippen LogP contribution in [0.4, 0.5) is 4.39 Å². The predicted octanol–water partition coefficient (Wildman–Crippen LogP) is 1.46. The van der Waals surface area contributed by atoms with Crippen molar-refractivity contribution in [3.63, 3.8) is 0 Å². The minimum Gasteiger partial charge on any atom is -0.484 e. The van der Waals surface area contributed by atoms with Crippen molar-refractivity contribution < 1.29 is 18.7 Å². The van der Waals surface area contributed by atoms with E-state index in [0.717, 1.165) is 5.56 Å². The van der Waals surface area contributed by atoms with Crippen molar-refractivity contribution in [2.45, 2.75) is 6.42 Å². The third kappa shape index (κ3) is 4.62. The number of hydrogen-bond acceptors (Lipinski definition) is 3. The molecule has 1 aliphatic heterocycles. The quantitative estimate of drug-likeness (QED) is 0.812. The molecular formula is C19H22FN3O3. The van der Waals surface area contributed by atoms with Gasteiger partial charge in [0.25, 0.3) is 5.91 Å². The first-order valence-corrected chi connectivity index (χ1v) is 8.56. The second-order valence-electron chi connectivity index (χ2n) is 6.37. The molecule has 6 nitrogen and oxygen atoms in total. The maximum Gasteiger partial charge on any atom is 0.260 e. The van der Waals surface area contributed by atoms with Gasteiger partial charge < -0.3 is 19.1 Å². The van der Waals surface area contributed by atoms with Gasteiger partial charge in [-0.25, -0.2) is 4.39 Å². The molecule has 138 valence electrons. The molecule has 1 aliphatic rings. The van der Waals surface area contributed by atoms with Gasteiger partial charge in [0.05, 0.1) is 6.42 Å². The van der Waals surface area contributed by atoms with Gasteiger partial charge in [-0.05, 0) is 35.9 Å². The number of amides is 2. The molecule has 0 spiro atoms. The molecule has 2 heterocycles. The van der Waals surface area contributed by atoms with Gasteiger partial charge in [-0.1, -0.05) is 0 Å². The Morgan fingerprint density at radius 2 is 1.62 bits per heavy atom. The van der Waals surface area contributed by atoms with Gasteiger partial charge in [0.1, 0.15) is 11.6 Å². The number of rotatable bonds is 5. The molecule has 1 saturated heterocycles. The zero-order chi connectivity index (χ0) is 18.5. The van der Waals surface area contributed by atoms with Gasteiger partial charge in [-0.2, -0.15) is 0 Å². The van der Waals surface area contributed by atoms with Crippen LogP contribution < -0.4 is 4.74 Å². The van der Waals surface area contributed by atoms with Crippen molar-refractivity contribution >= 4 is 11.8 Å². The molecule has 0 atom stereocenters. The molecule has 3 rings (SSSR count). The molecule has 0 radical (unpaired) electrons. The first-order valence-electron chi connectivity index (χ1n) is 8.56. The van der Waals surface area contributed by atoms with Crippen LogP contribution in [0.15, 0.2) is 42.7 Å². The van der Waals surface area contributed by atoms with Gasteiger partial charge in [0, 0.05) is 45.6 Å². The molecule has 0 bridgehead atoms. The van der Waals surface area contributed by atoms with Gasteiger partial charge >= 0.3 is 0 Å². The molecule has 26 heavy (non-hydrogen) atoms. The normalized spacial score (nSPS) is 14.4. The number of aromatic nitrogens is 1. The highest BCUT2D eigenvalue weighted by atomic mass is 19.1. The minimum atomic E-state index is -0.347. The van der Waals surface area contributed by atoms with Gasteiger partial charge in [0.15, 0.2) is 6.61 Å². The molecule has 0 N–H and O–H groups in total. The lowest BCUT2D eigenvalue weighted by atomic mass is 10.2. The lowest BCUT2D eigenvalue weighted by Crippen LogP contribution is -2.52. The fourth-order valence-corrected chi connectivity index (χ4v) is 2.92. The van der Waals surface area contributed by atoms with Crippen LogP contribution in [0, 0.1) is 5.82 Å². The van der Waals surface area contributed by atoms with E-state index < -0.39 is 0 Å². The average Bonchev–Trinajstić information content (AvgIpc) is 3.06. The number of carbonyl (C=O) groups excluding carboxylic acids is 2. The fourth-order valence-electron chi connectivity index (χ4n) is 2.92. The maximum atomic E-state index is 12.9. The Labute approximate surface area is 151 Å². The average molecular weight is 359 g/mol. The second kappa shape index (κ2) is 8.03. The van der Waals surface area contributed by atoms with Crippen LogP contribution in [0.25, 0.3) is 0 Å². The summed E-state index contributed by atoms with van der Waals surface area (Å²) >= 11 is 0. The SMILES string of the molecule is Cn1ccc(CC(=O)N2CCN(C(=O)COc3ccc(F)cc3)CC2)c1. The Balaban J connectivity index is 1.43. The molecule has 2 amide bonds. The fraction of sp³-hybridized carbons (Fsp3) is 0.368. The van der Waals surface area contributed by atoms with Crippen molar-refractivity contribution in [2.75, 3.05) is 32.8 Å². The number of carbonyl (C=O) groups is 2. The summed E-state index contributed by atoms with van der Waals surface area (Å²) in [4.78, 5) is 28.1. The van der Waals surface area contributed by atoms with Crippen molar-refractivity contribution in [3.8, 4) is 5.75 Å². The lowest BCUT2D eigenvalue weighted by molar-refractivity contribution is -0.140. The van der Waals surface area contributed by atoms with Gasteiger partial charge in [-0.3, -0.25) is 9.59 Å². The standard InChI is InChI=1S/C19H22FN3O3/c1-21-7-6-15(13-21)12-18(24)22-8-10-23(11-9-22)19(25)14-26-17-4-2-16(20)3-5-17/h2-7,13H,8-12,14H2,1H3. The van der Waals surface area contributed by atoms with Gasteiger partial charge in [-0.15, -0.1) is 0 Å². The third-order valence-corrected chi connectivity index (χ3v) is 4.41. The molecule has 0 saturated carbocycles. The highest BCUT2D eigenvalue weighted by Gasteiger charge is 2.24. The van der Waals surface area contributed by atoms with Crippen molar-refractivity contribution in [2.24, 2.45) is 7.05 Å². The van der Waals surface area contributed by atoms with Crippen LogP contribution in [0.1, 0.15) is 5.56 Å². The van der Waals surface area contributed by atoms with E-state index >= 15 is 0 Å². The van der Waals surface area contributed by atoms with Crippen molar-refractivity contribution in [3.05, 3.63) is 54.1 Å². The van der Waals surface area contributed by atoms with E-state index in [1.165, 1.54) is 24.3 Å². The van der Waals surface area contributed by atoms with E-state index in [1.54, 1.807) is 9.80 Å². The molecule has 1 fully saturated rings. The first kappa shape index (κ1) is 18.0. The minimum absolute atomic E-state index is 0.0749. The van der Waals surface area contributed by atoms with Crippen LogP contribution in [0.3, 0.4) is 0 Å². The summed E-state index contributed by atoms with van der Waals surface area (Å²) in [5, 5.41) is 0. The summed E-state index contributed by atoms with van der Waals surface area (Å²) < 4.78 is 20.2. The lowest BCUT2D eigenvalue weighted by Gasteiger charge is -2.34. The number of nitrogens with zero attached hydrogens (tertiary/aromatic N) is 3.